The lowest BCUT2D eigenvalue weighted by molar-refractivity contribution is 0.0635. The van der Waals surface area contributed by atoms with Gasteiger partial charge in [0.2, 0.25) is 0 Å². The topological polar surface area (TPSA) is 67.0 Å². The number of nitrogens with zero attached hydrogens (tertiary/aromatic N) is 1. The standard InChI is InChI=1S/C10H16BrN3O2/c1-5-6-7(11)8(14-13-6)12-9(15)16-10(2,3)4/h5H2,1-4H3,(H2,12,13,14,15). The van der Waals surface area contributed by atoms with Gasteiger partial charge in [-0.05, 0) is 43.1 Å². The first-order chi connectivity index (χ1) is 7.33. The second-order valence-electron chi connectivity index (χ2n) is 4.35. The van der Waals surface area contributed by atoms with Gasteiger partial charge in [-0.15, -0.1) is 0 Å². The maximum Gasteiger partial charge on any atom is 0.413 e. The average Bonchev–Trinajstić information content (AvgIpc) is 2.44. The van der Waals surface area contributed by atoms with Gasteiger partial charge < -0.3 is 4.74 Å². The maximum atomic E-state index is 11.5. The molecule has 6 heteroatoms. The van der Waals surface area contributed by atoms with Crippen molar-refractivity contribution in [2.75, 3.05) is 5.32 Å². The smallest absolute Gasteiger partial charge is 0.413 e. The van der Waals surface area contributed by atoms with E-state index in [0.29, 0.717) is 5.82 Å². The lowest BCUT2D eigenvalue weighted by atomic mass is 10.2. The van der Waals surface area contributed by atoms with E-state index in [4.69, 9.17) is 4.74 Å². The first kappa shape index (κ1) is 13.0. The van der Waals surface area contributed by atoms with Crippen LogP contribution in [0.1, 0.15) is 33.4 Å². The molecule has 0 saturated carbocycles. The van der Waals surface area contributed by atoms with Gasteiger partial charge in [0.15, 0.2) is 5.82 Å². The number of aryl methyl sites for hydroxylation is 1. The minimum Gasteiger partial charge on any atom is -0.444 e. The Labute approximate surface area is 103 Å². The number of ether oxygens (including phenoxy) is 1. The van der Waals surface area contributed by atoms with Crippen molar-refractivity contribution in [1.82, 2.24) is 10.2 Å². The summed E-state index contributed by atoms with van der Waals surface area (Å²) in [4.78, 5) is 11.5. The van der Waals surface area contributed by atoms with Crippen LogP contribution in [0.4, 0.5) is 10.6 Å². The van der Waals surface area contributed by atoms with E-state index in [1.54, 1.807) is 0 Å². The molecule has 90 valence electrons. The number of carbonyl (C=O) groups excluding carboxylic acids is 1. The molecule has 5 nitrogen and oxygen atoms in total. The molecule has 16 heavy (non-hydrogen) atoms. The van der Waals surface area contributed by atoms with Crippen LogP contribution in [0.5, 0.6) is 0 Å². The van der Waals surface area contributed by atoms with E-state index in [9.17, 15) is 4.79 Å². The Morgan fingerprint density at radius 2 is 2.19 bits per heavy atom. The molecule has 1 aromatic rings. The van der Waals surface area contributed by atoms with Crippen molar-refractivity contribution in [3.05, 3.63) is 10.2 Å². The quantitative estimate of drug-likeness (QED) is 0.879. The van der Waals surface area contributed by atoms with E-state index < -0.39 is 11.7 Å². The lowest BCUT2D eigenvalue weighted by Crippen LogP contribution is -2.27. The van der Waals surface area contributed by atoms with Gasteiger partial charge in [0.1, 0.15) is 5.60 Å². The van der Waals surface area contributed by atoms with Crippen molar-refractivity contribution in [3.8, 4) is 0 Å². The monoisotopic (exact) mass is 289 g/mol. The molecule has 2 N–H and O–H groups in total. The van der Waals surface area contributed by atoms with E-state index in [-0.39, 0.29) is 0 Å². The van der Waals surface area contributed by atoms with Crippen molar-refractivity contribution in [2.45, 2.75) is 39.7 Å². The average molecular weight is 290 g/mol. The maximum absolute atomic E-state index is 11.5. The summed E-state index contributed by atoms with van der Waals surface area (Å²) in [5.41, 5.74) is 0.423. The third-order valence-corrected chi connectivity index (χ3v) is 2.60. The Morgan fingerprint density at radius 3 is 2.62 bits per heavy atom. The summed E-state index contributed by atoms with van der Waals surface area (Å²) in [6, 6.07) is 0. The summed E-state index contributed by atoms with van der Waals surface area (Å²) in [6.45, 7) is 7.42. The zero-order chi connectivity index (χ0) is 12.3. The van der Waals surface area contributed by atoms with Gasteiger partial charge in [-0.25, -0.2) is 4.79 Å². The summed E-state index contributed by atoms with van der Waals surface area (Å²) in [5, 5.41) is 9.37. The molecule has 1 heterocycles. The number of aromatic nitrogens is 2. The van der Waals surface area contributed by atoms with Crippen LogP contribution in [0.15, 0.2) is 4.47 Å². The molecule has 0 saturated heterocycles. The molecular weight excluding hydrogens is 274 g/mol. The number of rotatable bonds is 2. The highest BCUT2D eigenvalue weighted by molar-refractivity contribution is 9.10. The molecule has 0 unspecified atom stereocenters. The minimum atomic E-state index is -0.513. The van der Waals surface area contributed by atoms with Crippen molar-refractivity contribution < 1.29 is 9.53 Å². The van der Waals surface area contributed by atoms with Gasteiger partial charge in [-0.1, -0.05) is 6.92 Å². The highest BCUT2D eigenvalue weighted by Crippen LogP contribution is 2.24. The largest absolute Gasteiger partial charge is 0.444 e. The summed E-state index contributed by atoms with van der Waals surface area (Å²) in [7, 11) is 0. The Hall–Kier alpha value is -1.04. The molecule has 0 bridgehead atoms. The van der Waals surface area contributed by atoms with Crippen LogP contribution in [-0.2, 0) is 11.2 Å². The fraction of sp³-hybridized carbons (Fsp3) is 0.600. The van der Waals surface area contributed by atoms with Crippen LogP contribution >= 0.6 is 15.9 Å². The van der Waals surface area contributed by atoms with Crippen LogP contribution < -0.4 is 5.32 Å². The normalized spacial score (nSPS) is 11.3. The van der Waals surface area contributed by atoms with Gasteiger partial charge in [-0.3, -0.25) is 10.4 Å². The summed E-state index contributed by atoms with van der Waals surface area (Å²) in [6.07, 6.45) is 0.297. The lowest BCUT2D eigenvalue weighted by Gasteiger charge is -2.19. The second kappa shape index (κ2) is 4.86. The second-order valence-corrected chi connectivity index (χ2v) is 5.14. The summed E-state index contributed by atoms with van der Waals surface area (Å²) >= 11 is 3.36. The van der Waals surface area contributed by atoms with E-state index in [1.165, 1.54) is 0 Å². The summed E-state index contributed by atoms with van der Waals surface area (Å²) in [5.74, 6) is 0.450. The molecule has 0 radical (unpaired) electrons. The molecule has 0 atom stereocenters. The molecule has 0 aliphatic heterocycles. The predicted molar refractivity (Wildman–Crippen MR) is 65.5 cm³/mol. The number of anilines is 1. The molecule has 0 fully saturated rings. The Kier molecular flexibility index (Phi) is 3.96. The van der Waals surface area contributed by atoms with Gasteiger partial charge in [0.25, 0.3) is 0 Å². The fourth-order valence-corrected chi connectivity index (χ4v) is 1.64. The molecular formula is C10H16BrN3O2. The Balaban J connectivity index is 2.67. The van der Waals surface area contributed by atoms with Crippen LogP contribution in [0.3, 0.4) is 0 Å². The SMILES string of the molecule is CCc1[nH]nc(NC(=O)OC(C)(C)C)c1Br. The molecule has 0 aromatic carbocycles. The van der Waals surface area contributed by atoms with Crippen molar-refractivity contribution in [1.29, 1.82) is 0 Å². The van der Waals surface area contributed by atoms with Gasteiger partial charge in [0, 0.05) is 0 Å². The first-order valence-electron chi connectivity index (χ1n) is 5.06. The van der Waals surface area contributed by atoms with Gasteiger partial charge >= 0.3 is 6.09 Å². The van der Waals surface area contributed by atoms with E-state index in [2.05, 4.69) is 31.4 Å². The predicted octanol–water partition coefficient (Wildman–Crippen LogP) is 3.08. The van der Waals surface area contributed by atoms with Crippen LogP contribution in [0.25, 0.3) is 0 Å². The van der Waals surface area contributed by atoms with E-state index in [1.807, 2.05) is 27.7 Å². The number of nitrogens with one attached hydrogen (secondary N) is 2. The Bertz CT molecular complexity index is 382. The number of hydrogen-bond acceptors (Lipinski definition) is 3. The Morgan fingerprint density at radius 1 is 1.56 bits per heavy atom. The third-order valence-electron chi connectivity index (χ3n) is 1.75. The fourth-order valence-electron chi connectivity index (χ4n) is 1.08. The number of halogens is 1. The number of H-pyrrole nitrogens is 1. The molecule has 0 aliphatic rings. The molecule has 0 spiro atoms. The minimum absolute atomic E-state index is 0.450. The molecule has 1 rings (SSSR count). The van der Waals surface area contributed by atoms with Crippen molar-refractivity contribution >= 4 is 27.8 Å². The number of hydrogen-bond donors (Lipinski definition) is 2. The first-order valence-corrected chi connectivity index (χ1v) is 5.85. The zero-order valence-corrected chi connectivity index (χ0v) is 11.4. The van der Waals surface area contributed by atoms with E-state index in [0.717, 1.165) is 16.6 Å². The van der Waals surface area contributed by atoms with Crippen molar-refractivity contribution in [3.63, 3.8) is 0 Å². The third kappa shape index (κ3) is 3.52. The number of aromatic amines is 1. The van der Waals surface area contributed by atoms with Crippen LogP contribution in [0, 0.1) is 0 Å². The van der Waals surface area contributed by atoms with Gasteiger partial charge in [-0.2, -0.15) is 5.10 Å². The number of carbonyl (C=O) groups is 1. The molecule has 1 amide bonds. The highest BCUT2D eigenvalue weighted by atomic mass is 79.9. The summed E-state index contributed by atoms with van der Waals surface area (Å²) < 4.78 is 5.88. The molecule has 1 aromatic heterocycles. The van der Waals surface area contributed by atoms with Gasteiger partial charge in [0.05, 0.1) is 10.2 Å². The van der Waals surface area contributed by atoms with Crippen LogP contribution in [0.2, 0.25) is 0 Å². The highest BCUT2D eigenvalue weighted by Gasteiger charge is 2.18. The molecule has 0 aliphatic carbocycles. The zero-order valence-electron chi connectivity index (χ0n) is 9.85. The number of amides is 1. The van der Waals surface area contributed by atoms with Crippen molar-refractivity contribution in [2.24, 2.45) is 0 Å². The van der Waals surface area contributed by atoms with Crippen LogP contribution in [-0.4, -0.2) is 21.9 Å². The van der Waals surface area contributed by atoms with E-state index >= 15 is 0 Å².